The molecule has 15 heavy (non-hydrogen) atoms. The maximum atomic E-state index is 12.6. The van der Waals surface area contributed by atoms with Crippen molar-refractivity contribution in [3.63, 3.8) is 0 Å². The van der Waals surface area contributed by atoms with E-state index in [2.05, 4.69) is 0 Å². The van der Waals surface area contributed by atoms with Crippen LogP contribution in [0.2, 0.25) is 0 Å². The van der Waals surface area contributed by atoms with E-state index in [4.69, 9.17) is 0 Å². The SMILES string of the molecule is O[C@@H](CCc1ccccc1)[C@@H]1CC1(F)F. The minimum absolute atomic E-state index is 0.150. The summed E-state index contributed by atoms with van der Waals surface area (Å²) < 4.78 is 25.2. The number of rotatable bonds is 4. The van der Waals surface area contributed by atoms with E-state index in [1.54, 1.807) is 0 Å². The third-order valence-electron chi connectivity index (χ3n) is 2.91. The van der Waals surface area contributed by atoms with Crippen molar-refractivity contribution in [2.24, 2.45) is 5.92 Å². The molecule has 2 rings (SSSR count). The molecule has 0 aromatic heterocycles. The van der Waals surface area contributed by atoms with Crippen molar-refractivity contribution in [2.75, 3.05) is 0 Å². The molecule has 1 aromatic rings. The second-order valence-corrected chi connectivity index (χ2v) is 4.16. The fourth-order valence-corrected chi connectivity index (χ4v) is 1.81. The molecule has 3 heteroatoms. The quantitative estimate of drug-likeness (QED) is 0.813. The molecule has 0 radical (unpaired) electrons. The summed E-state index contributed by atoms with van der Waals surface area (Å²) in [5, 5.41) is 9.51. The van der Waals surface area contributed by atoms with Gasteiger partial charge in [0.05, 0.1) is 12.0 Å². The van der Waals surface area contributed by atoms with Gasteiger partial charge in [-0.05, 0) is 18.4 Å². The largest absolute Gasteiger partial charge is 0.393 e. The highest BCUT2D eigenvalue weighted by molar-refractivity contribution is 5.15. The Labute approximate surface area is 87.7 Å². The molecular formula is C12H14F2O. The van der Waals surface area contributed by atoms with E-state index in [0.717, 1.165) is 5.56 Å². The number of alkyl halides is 2. The second kappa shape index (κ2) is 3.89. The smallest absolute Gasteiger partial charge is 0.254 e. The fourth-order valence-electron chi connectivity index (χ4n) is 1.81. The van der Waals surface area contributed by atoms with Crippen molar-refractivity contribution < 1.29 is 13.9 Å². The third-order valence-corrected chi connectivity index (χ3v) is 2.91. The number of hydrogen-bond donors (Lipinski definition) is 1. The monoisotopic (exact) mass is 212 g/mol. The van der Waals surface area contributed by atoms with Crippen LogP contribution in [0.5, 0.6) is 0 Å². The highest BCUT2D eigenvalue weighted by Crippen LogP contribution is 2.51. The molecule has 0 amide bonds. The summed E-state index contributed by atoms with van der Waals surface area (Å²) >= 11 is 0. The Morgan fingerprint density at radius 1 is 1.33 bits per heavy atom. The molecule has 2 atom stereocenters. The number of halogens is 2. The summed E-state index contributed by atoms with van der Waals surface area (Å²) in [6, 6.07) is 9.62. The zero-order valence-corrected chi connectivity index (χ0v) is 8.37. The normalized spacial score (nSPS) is 24.9. The number of aliphatic hydroxyl groups is 1. The fraction of sp³-hybridized carbons (Fsp3) is 0.500. The Balaban J connectivity index is 1.80. The number of aliphatic hydroxyl groups excluding tert-OH is 1. The highest BCUT2D eigenvalue weighted by Gasteiger charge is 2.59. The zero-order chi connectivity index (χ0) is 10.9. The van der Waals surface area contributed by atoms with Gasteiger partial charge in [0.25, 0.3) is 5.92 Å². The highest BCUT2D eigenvalue weighted by atomic mass is 19.3. The van der Waals surface area contributed by atoms with Crippen molar-refractivity contribution in [1.82, 2.24) is 0 Å². The number of benzene rings is 1. The van der Waals surface area contributed by atoms with Crippen molar-refractivity contribution >= 4 is 0 Å². The summed E-state index contributed by atoms with van der Waals surface area (Å²) in [7, 11) is 0. The Morgan fingerprint density at radius 2 is 1.93 bits per heavy atom. The molecule has 1 nitrogen and oxygen atoms in total. The van der Waals surface area contributed by atoms with Gasteiger partial charge in [0, 0.05) is 6.42 Å². The molecule has 1 aliphatic rings. The maximum absolute atomic E-state index is 12.6. The molecule has 0 bridgehead atoms. The Kier molecular flexibility index (Phi) is 2.74. The number of aryl methyl sites for hydroxylation is 1. The molecule has 1 N–H and O–H groups in total. The van der Waals surface area contributed by atoms with Gasteiger partial charge in [0.1, 0.15) is 0 Å². The third kappa shape index (κ3) is 2.53. The second-order valence-electron chi connectivity index (χ2n) is 4.16. The van der Waals surface area contributed by atoms with Crippen LogP contribution in [0.1, 0.15) is 18.4 Å². The molecule has 0 saturated heterocycles. The van der Waals surface area contributed by atoms with Crippen molar-refractivity contribution in [2.45, 2.75) is 31.3 Å². The van der Waals surface area contributed by atoms with Gasteiger partial charge in [-0.15, -0.1) is 0 Å². The lowest BCUT2D eigenvalue weighted by Gasteiger charge is -2.09. The van der Waals surface area contributed by atoms with Crippen LogP contribution in [-0.2, 0) is 6.42 Å². The van der Waals surface area contributed by atoms with Crippen LogP contribution >= 0.6 is 0 Å². The topological polar surface area (TPSA) is 20.2 Å². The predicted octanol–water partition coefficient (Wildman–Crippen LogP) is 2.64. The summed E-state index contributed by atoms with van der Waals surface area (Å²) in [5.41, 5.74) is 1.08. The Bertz CT molecular complexity index is 324. The predicted molar refractivity (Wildman–Crippen MR) is 53.8 cm³/mol. The Hall–Kier alpha value is -0.960. The van der Waals surface area contributed by atoms with E-state index in [9.17, 15) is 13.9 Å². The van der Waals surface area contributed by atoms with Crippen LogP contribution in [0.25, 0.3) is 0 Å². The van der Waals surface area contributed by atoms with Gasteiger partial charge in [-0.2, -0.15) is 0 Å². The molecule has 82 valence electrons. The first-order valence-corrected chi connectivity index (χ1v) is 5.19. The van der Waals surface area contributed by atoms with Gasteiger partial charge in [-0.1, -0.05) is 30.3 Å². The van der Waals surface area contributed by atoms with Gasteiger partial charge in [0.15, 0.2) is 0 Å². The van der Waals surface area contributed by atoms with Crippen LogP contribution < -0.4 is 0 Å². The molecule has 1 saturated carbocycles. The minimum atomic E-state index is -2.61. The molecule has 0 aliphatic heterocycles. The molecule has 1 fully saturated rings. The van der Waals surface area contributed by atoms with Gasteiger partial charge < -0.3 is 5.11 Å². The van der Waals surface area contributed by atoms with Crippen molar-refractivity contribution in [3.8, 4) is 0 Å². The lowest BCUT2D eigenvalue weighted by atomic mass is 10.0. The summed E-state index contributed by atoms with van der Waals surface area (Å²) in [6.07, 6.45) is 0.0714. The van der Waals surface area contributed by atoms with E-state index < -0.39 is 17.9 Å². The van der Waals surface area contributed by atoms with Crippen LogP contribution in [0.4, 0.5) is 8.78 Å². The molecule has 0 unspecified atom stereocenters. The first-order chi connectivity index (χ1) is 7.09. The first-order valence-electron chi connectivity index (χ1n) is 5.19. The number of hydrogen-bond acceptors (Lipinski definition) is 1. The summed E-state index contributed by atoms with van der Waals surface area (Å²) in [5.74, 6) is -3.42. The first kappa shape index (κ1) is 10.6. The van der Waals surface area contributed by atoms with Crippen molar-refractivity contribution in [1.29, 1.82) is 0 Å². The Morgan fingerprint density at radius 3 is 2.47 bits per heavy atom. The lowest BCUT2D eigenvalue weighted by molar-refractivity contribution is 0.0451. The van der Waals surface area contributed by atoms with Gasteiger partial charge in [0.2, 0.25) is 0 Å². The molecule has 1 aliphatic carbocycles. The molecule has 0 heterocycles. The molecule has 1 aromatic carbocycles. The molecule has 0 spiro atoms. The average molecular weight is 212 g/mol. The maximum Gasteiger partial charge on any atom is 0.254 e. The van der Waals surface area contributed by atoms with Crippen LogP contribution in [0, 0.1) is 5.92 Å². The van der Waals surface area contributed by atoms with E-state index in [-0.39, 0.29) is 6.42 Å². The van der Waals surface area contributed by atoms with E-state index >= 15 is 0 Å². The van der Waals surface area contributed by atoms with Gasteiger partial charge in [-0.25, -0.2) is 8.78 Å². The van der Waals surface area contributed by atoms with Crippen molar-refractivity contribution in [3.05, 3.63) is 35.9 Å². The van der Waals surface area contributed by atoms with Crippen LogP contribution in [-0.4, -0.2) is 17.1 Å². The average Bonchev–Trinajstić information content (AvgIpc) is 2.86. The zero-order valence-electron chi connectivity index (χ0n) is 8.37. The summed E-state index contributed by atoms with van der Waals surface area (Å²) in [4.78, 5) is 0. The van der Waals surface area contributed by atoms with Crippen LogP contribution in [0.15, 0.2) is 30.3 Å². The van der Waals surface area contributed by atoms with Gasteiger partial charge >= 0.3 is 0 Å². The minimum Gasteiger partial charge on any atom is -0.393 e. The standard InChI is InChI=1S/C12H14F2O/c13-12(14)8-10(12)11(15)7-6-9-4-2-1-3-5-9/h1-5,10-11,15H,6-8H2/t10-,11-/m0/s1. The van der Waals surface area contributed by atoms with E-state index in [1.807, 2.05) is 30.3 Å². The van der Waals surface area contributed by atoms with E-state index in [1.165, 1.54) is 0 Å². The van der Waals surface area contributed by atoms with Gasteiger partial charge in [-0.3, -0.25) is 0 Å². The summed E-state index contributed by atoms with van der Waals surface area (Å²) in [6.45, 7) is 0. The van der Waals surface area contributed by atoms with Crippen LogP contribution in [0.3, 0.4) is 0 Å². The lowest BCUT2D eigenvalue weighted by Crippen LogP contribution is -2.15. The molecular weight excluding hydrogens is 198 g/mol. The van der Waals surface area contributed by atoms with E-state index in [0.29, 0.717) is 12.8 Å².